The number of ether oxygens (including phenoxy) is 1. The van der Waals surface area contributed by atoms with Crippen LogP contribution in [0.15, 0.2) is 36.5 Å². The number of halogens is 2. The van der Waals surface area contributed by atoms with E-state index in [-0.39, 0.29) is 11.9 Å². The number of hydrogen-bond acceptors (Lipinski definition) is 3. The van der Waals surface area contributed by atoms with Crippen LogP contribution in [0.5, 0.6) is 5.75 Å². The molecular formula is C15H16ClFN2O. The van der Waals surface area contributed by atoms with E-state index in [1.54, 1.807) is 31.4 Å². The fraction of sp³-hybridized carbons (Fsp3) is 0.267. The van der Waals surface area contributed by atoms with Gasteiger partial charge in [-0.3, -0.25) is 4.98 Å². The lowest BCUT2D eigenvalue weighted by Crippen LogP contribution is -2.12. The Kier molecular flexibility index (Phi) is 4.79. The average Bonchev–Trinajstić information content (AvgIpc) is 2.46. The molecule has 0 saturated carbocycles. The minimum absolute atomic E-state index is 0.0389. The molecule has 1 unspecified atom stereocenters. The highest BCUT2D eigenvalue weighted by Gasteiger charge is 2.13. The quantitative estimate of drug-likeness (QED) is 0.885. The molecule has 2 rings (SSSR count). The van der Waals surface area contributed by atoms with Gasteiger partial charge in [0.15, 0.2) is 0 Å². The van der Waals surface area contributed by atoms with Crippen LogP contribution in [0.1, 0.15) is 25.1 Å². The van der Waals surface area contributed by atoms with Crippen molar-refractivity contribution >= 4 is 17.3 Å². The third-order valence-electron chi connectivity index (χ3n) is 3.01. The van der Waals surface area contributed by atoms with Gasteiger partial charge in [-0.2, -0.15) is 0 Å². The van der Waals surface area contributed by atoms with Gasteiger partial charge in [0.2, 0.25) is 0 Å². The lowest BCUT2D eigenvalue weighted by Gasteiger charge is -2.19. The average molecular weight is 295 g/mol. The van der Waals surface area contributed by atoms with E-state index in [4.69, 9.17) is 16.3 Å². The highest BCUT2D eigenvalue weighted by Crippen LogP contribution is 2.31. The number of methoxy groups -OCH3 is 1. The lowest BCUT2D eigenvalue weighted by molar-refractivity contribution is 0.416. The fourth-order valence-electron chi connectivity index (χ4n) is 1.96. The summed E-state index contributed by atoms with van der Waals surface area (Å²) >= 11 is 6.01. The van der Waals surface area contributed by atoms with Gasteiger partial charge in [-0.25, -0.2) is 4.39 Å². The zero-order chi connectivity index (χ0) is 14.5. The number of anilines is 1. The Labute approximate surface area is 122 Å². The maximum atomic E-state index is 12.9. The van der Waals surface area contributed by atoms with Crippen LogP contribution >= 0.6 is 11.6 Å². The van der Waals surface area contributed by atoms with E-state index in [9.17, 15) is 4.39 Å². The summed E-state index contributed by atoms with van der Waals surface area (Å²) in [7, 11) is 1.60. The lowest BCUT2D eigenvalue weighted by atomic mass is 10.1. The number of aromatic nitrogens is 1. The van der Waals surface area contributed by atoms with Crippen molar-refractivity contribution in [1.82, 2.24) is 4.98 Å². The van der Waals surface area contributed by atoms with Crippen LogP contribution in [0.3, 0.4) is 0 Å². The Morgan fingerprint density at radius 3 is 2.75 bits per heavy atom. The molecule has 0 spiro atoms. The van der Waals surface area contributed by atoms with Gasteiger partial charge < -0.3 is 10.1 Å². The first-order valence-corrected chi connectivity index (χ1v) is 6.73. The number of nitrogens with zero attached hydrogens (tertiary/aromatic N) is 1. The second kappa shape index (κ2) is 6.57. The van der Waals surface area contributed by atoms with Gasteiger partial charge in [0.05, 0.1) is 30.7 Å². The summed E-state index contributed by atoms with van der Waals surface area (Å²) in [6.45, 7) is 2.03. The second-order valence-corrected chi connectivity index (χ2v) is 4.79. The zero-order valence-electron chi connectivity index (χ0n) is 11.4. The topological polar surface area (TPSA) is 34.1 Å². The summed E-state index contributed by atoms with van der Waals surface area (Å²) in [6.07, 6.45) is 2.02. The Bertz CT molecular complexity index is 575. The first kappa shape index (κ1) is 14.6. The van der Waals surface area contributed by atoms with Crippen molar-refractivity contribution in [2.45, 2.75) is 19.4 Å². The Balaban J connectivity index is 2.26. The standard InChI is InChI=1S/C15H16ClFN2O/c1-3-12(13-6-5-11(17)9-18-13)19-14-8-10(16)4-7-15(14)20-2/h4-9,12,19H,3H2,1-2H3. The first-order valence-electron chi connectivity index (χ1n) is 6.35. The smallest absolute Gasteiger partial charge is 0.142 e. The molecule has 0 radical (unpaired) electrons. The third kappa shape index (κ3) is 3.39. The maximum absolute atomic E-state index is 12.9. The molecule has 1 N–H and O–H groups in total. The van der Waals surface area contributed by atoms with Crippen molar-refractivity contribution < 1.29 is 9.13 Å². The number of rotatable bonds is 5. The number of benzene rings is 1. The molecular weight excluding hydrogens is 279 g/mol. The molecule has 2 aromatic rings. The minimum atomic E-state index is -0.344. The molecule has 1 aromatic carbocycles. The van der Waals surface area contributed by atoms with Crippen LogP contribution in [-0.4, -0.2) is 12.1 Å². The van der Waals surface area contributed by atoms with Gasteiger partial charge in [0.25, 0.3) is 0 Å². The Hall–Kier alpha value is -1.81. The number of nitrogens with one attached hydrogen (secondary N) is 1. The zero-order valence-corrected chi connectivity index (χ0v) is 12.1. The number of pyridine rings is 1. The SMILES string of the molecule is CCC(Nc1cc(Cl)ccc1OC)c1ccc(F)cn1. The summed E-state index contributed by atoms with van der Waals surface area (Å²) in [5.41, 5.74) is 1.56. The number of hydrogen-bond donors (Lipinski definition) is 1. The molecule has 106 valence electrons. The van der Waals surface area contributed by atoms with Gasteiger partial charge in [-0.1, -0.05) is 18.5 Å². The largest absolute Gasteiger partial charge is 0.495 e. The first-order chi connectivity index (χ1) is 9.63. The molecule has 20 heavy (non-hydrogen) atoms. The van der Waals surface area contributed by atoms with Crippen molar-refractivity contribution in [3.05, 3.63) is 53.1 Å². The molecule has 5 heteroatoms. The van der Waals surface area contributed by atoms with Crippen LogP contribution in [0.4, 0.5) is 10.1 Å². The fourth-order valence-corrected chi connectivity index (χ4v) is 2.13. The van der Waals surface area contributed by atoms with Gasteiger partial charge in [-0.15, -0.1) is 0 Å². The van der Waals surface area contributed by atoms with Crippen LogP contribution < -0.4 is 10.1 Å². The summed E-state index contributed by atoms with van der Waals surface area (Å²) in [6, 6.07) is 8.41. The summed E-state index contributed by atoms with van der Waals surface area (Å²) in [4.78, 5) is 4.11. The van der Waals surface area contributed by atoms with E-state index in [0.717, 1.165) is 17.8 Å². The molecule has 0 aliphatic carbocycles. The van der Waals surface area contributed by atoms with Crippen molar-refractivity contribution in [2.75, 3.05) is 12.4 Å². The van der Waals surface area contributed by atoms with Crippen LogP contribution in [0.2, 0.25) is 5.02 Å². The minimum Gasteiger partial charge on any atom is -0.495 e. The molecule has 0 aliphatic heterocycles. The summed E-state index contributed by atoms with van der Waals surface area (Å²) in [5.74, 6) is 0.360. The van der Waals surface area contributed by atoms with E-state index in [0.29, 0.717) is 10.8 Å². The molecule has 0 bridgehead atoms. The van der Waals surface area contributed by atoms with E-state index < -0.39 is 0 Å². The van der Waals surface area contributed by atoms with Gasteiger partial charge in [-0.05, 0) is 36.8 Å². The van der Waals surface area contributed by atoms with Gasteiger partial charge in [0, 0.05) is 5.02 Å². The van der Waals surface area contributed by atoms with Crippen LogP contribution in [-0.2, 0) is 0 Å². The van der Waals surface area contributed by atoms with E-state index in [2.05, 4.69) is 10.3 Å². The molecule has 3 nitrogen and oxygen atoms in total. The predicted octanol–water partition coefficient (Wildman–Crippen LogP) is 4.45. The monoisotopic (exact) mass is 294 g/mol. The molecule has 1 atom stereocenters. The Morgan fingerprint density at radius 1 is 1.35 bits per heavy atom. The third-order valence-corrected chi connectivity index (χ3v) is 3.24. The summed E-state index contributed by atoms with van der Waals surface area (Å²) in [5, 5.41) is 3.95. The van der Waals surface area contributed by atoms with Crippen molar-refractivity contribution in [3.63, 3.8) is 0 Å². The summed E-state index contributed by atoms with van der Waals surface area (Å²) < 4.78 is 18.2. The van der Waals surface area contributed by atoms with E-state index >= 15 is 0 Å². The Morgan fingerprint density at radius 2 is 2.15 bits per heavy atom. The van der Waals surface area contributed by atoms with E-state index in [1.165, 1.54) is 12.3 Å². The van der Waals surface area contributed by atoms with Crippen molar-refractivity contribution in [3.8, 4) is 5.75 Å². The molecule has 0 aliphatic rings. The van der Waals surface area contributed by atoms with Gasteiger partial charge >= 0.3 is 0 Å². The second-order valence-electron chi connectivity index (χ2n) is 4.35. The van der Waals surface area contributed by atoms with Gasteiger partial charge in [0.1, 0.15) is 11.6 Å². The van der Waals surface area contributed by atoms with Crippen LogP contribution in [0, 0.1) is 5.82 Å². The molecule has 0 saturated heterocycles. The van der Waals surface area contributed by atoms with Crippen molar-refractivity contribution in [1.29, 1.82) is 0 Å². The predicted molar refractivity (Wildman–Crippen MR) is 78.9 cm³/mol. The highest BCUT2D eigenvalue weighted by molar-refractivity contribution is 6.30. The molecule has 0 fully saturated rings. The molecule has 1 aromatic heterocycles. The van der Waals surface area contributed by atoms with E-state index in [1.807, 2.05) is 6.92 Å². The van der Waals surface area contributed by atoms with Crippen LogP contribution in [0.25, 0.3) is 0 Å². The normalized spacial score (nSPS) is 12.0. The molecule has 0 amide bonds. The highest BCUT2D eigenvalue weighted by atomic mass is 35.5. The van der Waals surface area contributed by atoms with Crippen molar-refractivity contribution in [2.24, 2.45) is 0 Å². The molecule has 1 heterocycles. The maximum Gasteiger partial charge on any atom is 0.142 e.